The maximum absolute atomic E-state index is 13.3. The molecule has 3 aliphatic heterocycles. The van der Waals surface area contributed by atoms with Crippen LogP contribution in [0.2, 0.25) is 0 Å². The minimum atomic E-state index is -3.63. The summed E-state index contributed by atoms with van der Waals surface area (Å²) in [6, 6.07) is 42.4. The summed E-state index contributed by atoms with van der Waals surface area (Å²) in [5.41, 5.74) is 6.10. The van der Waals surface area contributed by atoms with Gasteiger partial charge in [-0.05, 0) is 71.0 Å². The molecule has 55 heavy (non-hydrogen) atoms. The molecule has 3 atom stereocenters. The Morgan fingerprint density at radius 3 is 2.16 bits per heavy atom. The van der Waals surface area contributed by atoms with E-state index in [4.69, 9.17) is 9.47 Å². The van der Waals surface area contributed by atoms with E-state index in [0.717, 1.165) is 65.0 Å². The Hall–Kier alpha value is -4.88. The SMILES string of the molecule is O=C1NCN(c2ccccc2)C12CCN(CC1CC(c3ccc(CO)cc3)OC(c3ccc(-c4cccc(CNS(=O)(=O)c5ccccc5)c4)cc3)O1)CC2. The number of benzene rings is 5. The number of piperidine rings is 1. The molecular formula is C44H46N4O6S. The van der Waals surface area contributed by atoms with Crippen LogP contribution in [-0.2, 0) is 37.4 Å². The molecule has 3 N–H and O–H groups in total. The van der Waals surface area contributed by atoms with Gasteiger partial charge in [-0.15, -0.1) is 0 Å². The molecule has 0 radical (unpaired) electrons. The molecule has 3 fully saturated rings. The van der Waals surface area contributed by atoms with Crippen molar-refractivity contribution in [3.63, 3.8) is 0 Å². The molecule has 1 spiro atoms. The third-order valence-electron chi connectivity index (χ3n) is 11.1. The van der Waals surface area contributed by atoms with Gasteiger partial charge in [0.25, 0.3) is 0 Å². The van der Waals surface area contributed by atoms with Crippen molar-refractivity contribution in [2.75, 3.05) is 31.2 Å². The number of carbonyl (C=O) groups is 1. The molecule has 0 aliphatic carbocycles. The lowest BCUT2D eigenvalue weighted by Gasteiger charge is -2.45. The Kier molecular flexibility index (Phi) is 10.8. The number of amides is 1. The summed E-state index contributed by atoms with van der Waals surface area (Å²) >= 11 is 0. The van der Waals surface area contributed by atoms with E-state index in [1.807, 2.05) is 91.0 Å². The maximum Gasteiger partial charge on any atom is 0.247 e. The number of ether oxygens (including phenoxy) is 2. The van der Waals surface area contributed by atoms with Crippen LogP contribution in [0.15, 0.2) is 138 Å². The highest BCUT2D eigenvalue weighted by Gasteiger charge is 2.50. The molecule has 5 aromatic rings. The van der Waals surface area contributed by atoms with E-state index in [9.17, 15) is 18.3 Å². The van der Waals surface area contributed by atoms with E-state index in [2.05, 4.69) is 32.0 Å². The minimum Gasteiger partial charge on any atom is -0.392 e. The zero-order valence-corrected chi connectivity index (χ0v) is 31.4. The summed E-state index contributed by atoms with van der Waals surface area (Å²) in [4.78, 5) is 18.1. The van der Waals surface area contributed by atoms with Crippen molar-refractivity contribution in [2.45, 2.75) is 61.3 Å². The van der Waals surface area contributed by atoms with Crippen LogP contribution in [0.25, 0.3) is 11.1 Å². The maximum atomic E-state index is 13.3. The van der Waals surface area contributed by atoms with Gasteiger partial charge in [0.15, 0.2) is 6.29 Å². The van der Waals surface area contributed by atoms with E-state index in [1.54, 1.807) is 30.3 Å². The van der Waals surface area contributed by atoms with Gasteiger partial charge in [-0.3, -0.25) is 4.79 Å². The van der Waals surface area contributed by atoms with Gasteiger partial charge in [0.2, 0.25) is 15.9 Å². The average Bonchev–Trinajstić information content (AvgIpc) is 3.55. The number of sulfonamides is 1. The van der Waals surface area contributed by atoms with E-state index in [-0.39, 0.29) is 36.2 Å². The number of nitrogens with zero attached hydrogens (tertiary/aromatic N) is 2. The summed E-state index contributed by atoms with van der Waals surface area (Å²) in [5.74, 6) is 0.104. The molecule has 5 aromatic carbocycles. The van der Waals surface area contributed by atoms with E-state index >= 15 is 0 Å². The minimum absolute atomic E-state index is 0.0190. The standard InChI is InChI=1S/C44H46N4O6S/c49-30-32-14-16-35(17-15-32)41-27-39(29-47-24-22-44(23-25-47)43(50)45-31-48(44)38-10-3-1-4-11-38)53-42(54-41)36-20-18-34(19-21-36)37-9-7-8-33(26-37)28-46-55(51,52)40-12-5-2-6-13-40/h1-21,26,39,41-42,46,49H,22-25,27-31H2,(H,45,50). The lowest BCUT2D eigenvalue weighted by molar-refractivity contribution is -0.253. The fourth-order valence-corrected chi connectivity index (χ4v) is 9.05. The zero-order valence-electron chi connectivity index (χ0n) is 30.6. The first kappa shape index (κ1) is 37.1. The second-order valence-corrected chi connectivity index (χ2v) is 16.3. The summed E-state index contributed by atoms with van der Waals surface area (Å²) in [6.45, 7) is 2.94. The van der Waals surface area contributed by atoms with Crippen LogP contribution in [0.3, 0.4) is 0 Å². The number of anilines is 1. The first-order valence-electron chi connectivity index (χ1n) is 18.9. The number of rotatable bonds is 11. The van der Waals surface area contributed by atoms with Gasteiger partial charge in [0, 0.05) is 43.9 Å². The Morgan fingerprint density at radius 2 is 1.45 bits per heavy atom. The Labute approximate surface area is 322 Å². The van der Waals surface area contributed by atoms with Gasteiger partial charge < -0.3 is 29.7 Å². The van der Waals surface area contributed by atoms with E-state index in [0.29, 0.717) is 19.6 Å². The smallest absolute Gasteiger partial charge is 0.247 e. The van der Waals surface area contributed by atoms with E-state index < -0.39 is 21.9 Å². The molecule has 3 saturated heterocycles. The normalized spacial score (nSPS) is 21.4. The largest absolute Gasteiger partial charge is 0.392 e. The number of likely N-dealkylation sites (tertiary alicyclic amines) is 1. The fraction of sp³-hybridized carbons (Fsp3) is 0.295. The first-order chi connectivity index (χ1) is 26.8. The Bertz CT molecular complexity index is 2180. The van der Waals surface area contributed by atoms with Crippen LogP contribution in [0.4, 0.5) is 5.69 Å². The van der Waals surface area contributed by atoms with Crippen LogP contribution in [0, 0.1) is 0 Å². The summed E-state index contributed by atoms with van der Waals surface area (Å²) in [5, 5.41) is 12.7. The lowest BCUT2D eigenvalue weighted by Crippen LogP contribution is -2.57. The molecule has 10 nitrogen and oxygen atoms in total. The quantitative estimate of drug-likeness (QED) is 0.144. The van der Waals surface area contributed by atoms with Crippen LogP contribution >= 0.6 is 0 Å². The third kappa shape index (κ3) is 8.09. The zero-order chi connectivity index (χ0) is 37.8. The number of nitrogens with one attached hydrogen (secondary N) is 2. The molecule has 8 rings (SSSR count). The van der Waals surface area contributed by atoms with Crippen LogP contribution in [-0.4, -0.2) is 62.3 Å². The third-order valence-corrected chi connectivity index (χ3v) is 12.5. The highest BCUT2D eigenvalue weighted by Crippen LogP contribution is 2.40. The monoisotopic (exact) mass is 758 g/mol. The molecule has 0 bridgehead atoms. The lowest BCUT2D eigenvalue weighted by atomic mass is 9.85. The van der Waals surface area contributed by atoms with Gasteiger partial charge in [-0.25, -0.2) is 13.1 Å². The number of para-hydroxylation sites is 1. The van der Waals surface area contributed by atoms with Crippen molar-refractivity contribution in [3.05, 3.63) is 156 Å². The molecule has 11 heteroatoms. The molecule has 3 heterocycles. The Morgan fingerprint density at radius 1 is 0.764 bits per heavy atom. The van der Waals surface area contributed by atoms with Crippen molar-refractivity contribution in [2.24, 2.45) is 0 Å². The van der Waals surface area contributed by atoms with Crippen LogP contribution in [0.1, 0.15) is 53.9 Å². The summed E-state index contributed by atoms with van der Waals surface area (Å²) in [6.07, 6.45) is 1.21. The number of aliphatic hydroxyl groups is 1. The van der Waals surface area contributed by atoms with Gasteiger partial charge in [-0.2, -0.15) is 0 Å². The van der Waals surface area contributed by atoms with Gasteiger partial charge in [0.1, 0.15) is 5.54 Å². The van der Waals surface area contributed by atoms with Gasteiger partial charge in [-0.1, -0.05) is 103 Å². The molecule has 3 unspecified atom stereocenters. The first-order valence-corrected chi connectivity index (χ1v) is 20.4. The van der Waals surface area contributed by atoms with Crippen molar-refractivity contribution >= 4 is 21.6 Å². The number of hydrogen-bond acceptors (Lipinski definition) is 8. The predicted octanol–water partition coefficient (Wildman–Crippen LogP) is 6.30. The van der Waals surface area contributed by atoms with Gasteiger partial charge >= 0.3 is 0 Å². The second kappa shape index (κ2) is 16.1. The van der Waals surface area contributed by atoms with Crippen molar-refractivity contribution in [3.8, 4) is 11.1 Å². The van der Waals surface area contributed by atoms with E-state index in [1.165, 1.54) is 0 Å². The van der Waals surface area contributed by atoms with Crippen molar-refractivity contribution in [1.82, 2.24) is 14.9 Å². The average molecular weight is 759 g/mol. The summed E-state index contributed by atoms with van der Waals surface area (Å²) < 4.78 is 41.6. The van der Waals surface area contributed by atoms with Crippen LogP contribution in [0.5, 0.6) is 0 Å². The highest BCUT2D eigenvalue weighted by atomic mass is 32.2. The predicted molar refractivity (Wildman–Crippen MR) is 211 cm³/mol. The van der Waals surface area contributed by atoms with Crippen molar-refractivity contribution in [1.29, 1.82) is 0 Å². The van der Waals surface area contributed by atoms with Gasteiger partial charge in [0.05, 0.1) is 30.4 Å². The number of carbonyl (C=O) groups excluding carboxylic acids is 1. The second-order valence-electron chi connectivity index (χ2n) is 14.6. The fourth-order valence-electron chi connectivity index (χ4n) is 8.01. The number of hydrogen-bond donors (Lipinski definition) is 3. The molecule has 3 aliphatic rings. The molecule has 0 saturated carbocycles. The Balaban J connectivity index is 0.961. The topological polar surface area (TPSA) is 120 Å². The molecule has 0 aromatic heterocycles. The van der Waals surface area contributed by atoms with Crippen LogP contribution < -0.4 is 14.9 Å². The highest BCUT2D eigenvalue weighted by molar-refractivity contribution is 7.89. The molecule has 284 valence electrons. The number of aliphatic hydroxyl groups excluding tert-OH is 1. The summed E-state index contributed by atoms with van der Waals surface area (Å²) in [7, 11) is -3.63. The van der Waals surface area contributed by atoms with Crippen molar-refractivity contribution < 1.29 is 27.8 Å². The molecular weight excluding hydrogens is 713 g/mol. The molecule has 1 amide bonds.